The van der Waals surface area contributed by atoms with E-state index < -0.39 is 0 Å². The Balaban J connectivity index is 1.22. The van der Waals surface area contributed by atoms with Crippen molar-refractivity contribution in [2.75, 3.05) is 0 Å². The van der Waals surface area contributed by atoms with Crippen molar-refractivity contribution >= 4 is 43.5 Å². The second-order valence-corrected chi connectivity index (χ2v) is 12.8. The van der Waals surface area contributed by atoms with Gasteiger partial charge in [-0.1, -0.05) is 158 Å². The van der Waals surface area contributed by atoms with Crippen molar-refractivity contribution in [1.29, 1.82) is 0 Å². The van der Waals surface area contributed by atoms with Crippen LogP contribution in [-0.4, -0.2) is 15.0 Å². The first kappa shape index (κ1) is 29.0. The van der Waals surface area contributed by atoms with Crippen LogP contribution in [0.2, 0.25) is 0 Å². The predicted octanol–water partition coefficient (Wildman–Crippen LogP) is 12.4. The van der Waals surface area contributed by atoms with E-state index in [-0.39, 0.29) is 0 Å². The fourth-order valence-corrected chi connectivity index (χ4v) is 7.30. The second kappa shape index (κ2) is 11.9. The van der Waals surface area contributed by atoms with Crippen molar-refractivity contribution in [2.45, 2.75) is 0 Å². The third-order valence-electron chi connectivity index (χ3n) is 9.74. The summed E-state index contributed by atoms with van der Waals surface area (Å²) >= 11 is 0. The summed E-state index contributed by atoms with van der Waals surface area (Å²) < 4.78 is 6.65. The lowest BCUT2D eigenvalue weighted by Gasteiger charge is -2.13. The molecule has 0 fully saturated rings. The Morgan fingerprint density at radius 3 is 1.55 bits per heavy atom. The lowest BCUT2D eigenvalue weighted by molar-refractivity contribution is 0.673. The predicted molar refractivity (Wildman–Crippen MR) is 209 cm³/mol. The van der Waals surface area contributed by atoms with Crippen molar-refractivity contribution in [3.8, 4) is 56.4 Å². The van der Waals surface area contributed by atoms with E-state index in [1.807, 2.05) is 30.3 Å². The van der Waals surface area contributed by atoms with Crippen molar-refractivity contribution in [2.24, 2.45) is 0 Å². The Labute approximate surface area is 294 Å². The van der Waals surface area contributed by atoms with Crippen LogP contribution in [0.5, 0.6) is 0 Å². The summed E-state index contributed by atoms with van der Waals surface area (Å²) in [5, 5.41) is 6.36. The molecule has 0 saturated carbocycles. The van der Waals surface area contributed by atoms with Crippen molar-refractivity contribution in [3.05, 3.63) is 176 Å². The first-order chi connectivity index (χ1) is 25.3. The Bertz CT molecular complexity index is 2900. The molecule has 0 unspecified atom stereocenters. The molecule has 10 aromatic rings. The highest BCUT2D eigenvalue weighted by Crippen LogP contribution is 2.41. The van der Waals surface area contributed by atoms with E-state index in [1.165, 1.54) is 11.1 Å². The first-order valence-corrected chi connectivity index (χ1v) is 17.1. The first-order valence-electron chi connectivity index (χ1n) is 17.1. The van der Waals surface area contributed by atoms with E-state index in [2.05, 4.69) is 146 Å². The quantitative estimate of drug-likeness (QED) is 0.186. The number of furan rings is 1. The minimum Gasteiger partial charge on any atom is -0.455 e. The van der Waals surface area contributed by atoms with E-state index in [4.69, 9.17) is 19.4 Å². The number of benzene rings is 8. The van der Waals surface area contributed by atoms with Gasteiger partial charge in [-0.15, -0.1) is 0 Å². The van der Waals surface area contributed by atoms with Gasteiger partial charge in [0.25, 0.3) is 0 Å². The fourth-order valence-electron chi connectivity index (χ4n) is 7.30. The number of rotatable bonds is 5. The zero-order valence-corrected chi connectivity index (χ0v) is 27.5. The van der Waals surface area contributed by atoms with Gasteiger partial charge >= 0.3 is 0 Å². The molecule has 238 valence electrons. The topological polar surface area (TPSA) is 51.8 Å². The summed E-state index contributed by atoms with van der Waals surface area (Å²) in [5.41, 5.74) is 9.14. The summed E-state index contributed by atoms with van der Waals surface area (Å²) in [6.45, 7) is 0. The van der Waals surface area contributed by atoms with Gasteiger partial charge in [0.1, 0.15) is 11.2 Å². The molecular weight excluding hydrogens is 623 g/mol. The van der Waals surface area contributed by atoms with Gasteiger partial charge in [0.15, 0.2) is 17.5 Å². The molecule has 2 aromatic heterocycles. The van der Waals surface area contributed by atoms with Crippen LogP contribution in [0.3, 0.4) is 0 Å². The molecule has 4 heteroatoms. The maximum Gasteiger partial charge on any atom is 0.164 e. The van der Waals surface area contributed by atoms with Gasteiger partial charge in [0.05, 0.1) is 0 Å². The molecule has 0 atom stereocenters. The molecule has 0 spiro atoms. The zero-order valence-electron chi connectivity index (χ0n) is 27.5. The third kappa shape index (κ3) is 4.96. The van der Waals surface area contributed by atoms with Crippen LogP contribution in [0, 0.1) is 0 Å². The Kier molecular flexibility index (Phi) is 6.78. The van der Waals surface area contributed by atoms with Gasteiger partial charge in [-0.3, -0.25) is 0 Å². The smallest absolute Gasteiger partial charge is 0.164 e. The Hall–Kier alpha value is -6.91. The van der Waals surface area contributed by atoms with Crippen LogP contribution in [0.15, 0.2) is 180 Å². The Morgan fingerprint density at radius 1 is 0.294 bits per heavy atom. The Morgan fingerprint density at radius 2 is 0.824 bits per heavy atom. The normalized spacial score (nSPS) is 11.5. The number of hydrogen-bond acceptors (Lipinski definition) is 4. The van der Waals surface area contributed by atoms with E-state index >= 15 is 0 Å². The molecule has 10 rings (SSSR count). The van der Waals surface area contributed by atoms with Crippen LogP contribution in [-0.2, 0) is 0 Å². The molecule has 0 radical (unpaired) electrons. The highest BCUT2D eigenvalue weighted by molar-refractivity contribution is 6.19. The van der Waals surface area contributed by atoms with E-state index in [0.29, 0.717) is 17.5 Å². The maximum atomic E-state index is 6.65. The average molecular weight is 652 g/mol. The van der Waals surface area contributed by atoms with Crippen molar-refractivity contribution < 1.29 is 4.42 Å². The van der Waals surface area contributed by atoms with Gasteiger partial charge in [-0.25, -0.2) is 15.0 Å². The number of hydrogen-bond donors (Lipinski definition) is 0. The summed E-state index contributed by atoms with van der Waals surface area (Å²) in [6, 6.07) is 60.9. The molecule has 0 N–H and O–H groups in total. The molecule has 51 heavy (non-hydrogen) atoms. The molecule has 4 nitrogen and oxygen atoms in total. The van der Waals surface area contributed by atoms with E-state index in [9.17, 15) is 0 Å². The van der Waals surface area contributed by atoms with Crippen LogP contribution >= 0.6 is 0 Å². The largest absolute Gasteiger partial charge is 0.455 e. The van der Waals surface area contributed by atoms with Crippen LogP contribution in [0.4, 0.5) is 0 Å². The van der Waals surface area contributed by atoms with Gasteiger partial charge < -0.3 is 4.42 Å². The fraction of sp³-hybridized carbons (Fsp3) is 0. The standard InChI is InChI=1S/C47H29N3O/c1-4-14-30(15-5-1)33-26-27-38-41-29-42(37-20-10-11-21-39(37)44(41)51-43(38)28-33)47-49-45(32-18-8-3-9-19-32)48-46(50-47)40-25-13-23-35-34(22-12-24-36(35)40)31-16-6-2-7-17-31/h1-29H. The highest BCUT2D eigenvalue weighted by Gasteiger charge is 2.20. The molecule has 2 heterocycles. The van der Waals surface area contributed by atoms with Gasteiger partial charge in [0.2, 0.25) is 0 Å². The van der Waals surface area contributed by atoms with Crippen LogP contribution in [0.1, 0.15) is 0 Å². The molecule has 0 aliphatic heterocycles. The lowest BCUT2D eigenvalue weighted by atomic mass is 9.95. The maximum absolute atomic E-state index is 6.65. The second-order valence-electron chi connectivity index (χ2n) is 12.8. The number of aromatic nitrogens is 3. The van der Waals surface area contributed by atoms with Crippen LogP contribution in [0.25, 0.3) is 99.9 Å². The van der Waals surface area contributed by atoms with E-state index in [1.54, 1.807) is 0 Å². The number of fused-ring (bicyclic) bond motifs is 6. The van der Waals surface area contributed by atoms with Crippen molar-refractivity contribution in [1.82, 2.24) is 15.0 Å². The number of nitrogens with zero attached hydrogens (tertiary/aromatic N) is 3. The summed E-state index contributed by atoms with van der Waals surface area (Å²) in [5.74, 6) is 1.87. The molecule has 0 saturated heterocycles. The lowest BCUT2D eigenvalue weighted by Crippen LogP contribution is -2.01. The van der Waals surface area contributed by atoms with Gasteiger partial charge in [-0.2, -0.15) is 0 Å². The monoisotopic (exact) mass is 651 g/mol. The minimum atomic E-state index is 0.614. The zero-order chi connectivity index (χ0) is 33.7. The van der Waals surface area contributed by atoms with Gasteiger partial charge in [0, 0.05) is 32.8 Å². The van der Waals surface area contributed by atoms with Gasteiger partial charge in [-0.05, 0) is 56.6 Å². The average Bonchev–Trinajstić information content (AvgIpc) is 3.59. The van der Waals surface area contributed by atoms with Crippen molar-refractivity contribution in [3.63, 3.8) is 0 Å². The summed E-state index contributed by atoms with van der Waals surface area (Å²) in [4.78, 5) is 15.6. The van der Waals surface area contributed by atoms with Crippen LogP contribution < -0.4 is 0 Å². The molecule has 0 aliphatic carbocycles. The highest BCUT2D eigenvalue weighted by atomic mass is 16.3. The molecular formula is C47H29N3O. The minimum absolute atomic E-state index is 0.614. The third-order valence-corrected chi connectivity index (χ3v) is 9.74. The van der Waals surface area contributed by atoms with E-state index in [0.717, 1.165) is 71.3 Å². The molecule has 0 aliphatic rings. The summed E-state index contributed by atoms with van der Waals surface area (Å²) in [6.07, 6.45) is 0. The molecule has 8 aromatic carbocycles. The molecule has 0 amide bonds. The molecule has 0 bridgehead atoms. The SMILES string of the molecule is c1ccc(-c2ccc3c(c2)oc2c4ccccc4c(-c4nc(-c5ccccc5)nc(-c5cccc6c(-c7ccccc7)cccc56)n4)cc32)cc1. The summed E-state index contributed by atoms with van der Waals surface area (Å²) in [7, 11) is 0.